The highest BCUT2D eigenvalue weighted by atomic mass is 14.6. The van der Waals surface area contributed by atoms with Crippen LogP contribution >= 0.6 is 0 Å². The Labute approximate surface area is 80.9 Å². The highest BCUT2D eigenvalue weighted by molar-refractivity contribution is 5.42. The zero-order chi connectivity index (χ0) is 10.3. The zero-order valence-corrected chi connectivity index (χ0v) is 8.67. The third-order valence-corrected chi connectivity index (χ3v) is 1.48. The van der Waals surface area contributed by atoms with Crippen molar-refractivity contribution in [3.63, 3.8) is 0 Å². The summed E-state index contributed by atoms with van der Waals surface area (Å²) in [7, 11) is 0. The van der Waals surface area contributed by atoms with Gasteiger partial charge in [0, 0.05) is 6.20 Å². The highest BCUT2D eigenvalue weighted by Gasteiger charge is 1.94. The molecule has 0 fully saturated rings. The van der Waals surface area contributed by atoms with Crippen LogP contribution < -0.4 is 0 Å². The van der Waals surface area contributed by atoms with Crippen LogP contribution in [-0.2, 0) is 0 Å². The molecule has 0 aromatic heterocycles. The predicted molar refractivity (Wildman–Crippen MR) is 61.0 cm³/mol. The first kappa shape index (κ1) is 11.6. The highest BCUT2D eigenvalue weighted by Crippen LogP contribution is 2.13. The molecule has 0 saturated heterocycles. The van der Waals surface area contributed by atoms with Gasteiger partial charge in [-0.1, -0.05) is 30.4 Å². The minimum absolute atomic E-state index is 1.09. The van der Waals surface area contributed by atoms with E-state index in [0.29, 0.717) is 0 Å². The summed E-state index contributed by atoms with van der Waals surface area (Å²) >= 11 is 0. The molecule has 0 aliphatic carbocycles. The minimum atomic E-state index is 1.09. The standard InChI is InChI=1S/C12H17N/c1-6-7-12(8-10(2)3)11(4)9-13-5/h6-9H,1,5H2,2-4H3. The van der Waals surface area contributed by atoms with Gasteiger partial charge in [-0.05, 0) is 38.6 Å². The second-order valence-corrected chi connectivity index (χ2v) is 3.07. The van der Waals surface area contributed by atoms with Gasteiger partial charge in [0.05, 0.1) is 0 Å². The van der Waals surface area contributed by atoms with E-state index < -0.39 is 0 Å². The summed E-state index contributed by atoms with van der Waals surface area (Å²) in [5.41, 5.74) is 3.48. The van der Waals surface area contributed by atoms with Crippen LogP contribution in [0.5, 0.6) is 0 Å². The van der Waals surface area contributed by atoms with E-state index in [-0.39, 0.29) is 0 Å². The van der Waals surface area contributed by atoms with E-state index >= 15 is 0 Å². The van der Waals surface area contributed by atoms with Crippen LogP contribution in [0.3, 0.4) is 0 Å². The molecule has 0 aliphatic heterocycles. The van der Waals surface area contributed by atoms with Crippen molar-refractivity contribution in [2.24, 2.45) is 4.99 Å². The largest absolute Gasteiger partial charge is 0.272 e. The molecular weight excluding hydrogens is 158 g/mol. The van der Waals surface area contributed by atoms with Gasteiger partial charge in [-0.2, -0.15) is 0 Å². The van der Waals surface area contributed by atoms with E-state index in [0.717, 1.165) is 11.1 Å². The Balaban J connectivity index is 4.93. The van der Waals surface area contributed by atoms with Gasteiger partial charge >= 0.3 is 0 Å². The van der Waals surface area contributed by atoms with Crippen molar-refractivity contribution >= 4 is 6.72 Å². The molecule has 0 bridgehead atoms. The number of hydrogen-bond acceptors (Lipinski definition) is 1. The van der Waals surface area contributed by atoms with Crippen molar-refractivity contribution in [2.75, 3.05) is 0 Å². The van der Waals surface area contributed by atoms with Gasteiger partial charge in [0.1, 0.15) is 0 Å². The van der Waals surface area contributed by atoms with Crippen LogP contribution in [0, 0.1) is 0 Å². The lowest BCUT2D eigenvalue weighted by Crippen LogP contribution is -1.81. The van der Waals surface area contributed by atoms with Crippen molar-refractivity contribution < 1.29 is 0 Å². The first-order chi connectivity index (χ1) is 6.11. The summed E-state index contributed by atoms with van der Waals surface area (Å²) in [6.45, 7) is 13.2. The van der Waals surface area contributed by atoms with Gasteiger partial charge in [-0.15, -0.1) is 0 Å². The lowest BCUT2D eigenvalue weighted by molar-refractivity contribution is 1.32. The van der Waals surface area contributed by atoms with Gasteiger partial charge in [0.15, 0.2) is 0 Å². The third kappa shape index (κ3) is 4.96. The molecule has 0 amide bonds. The van der Waals surface area contributed by atoms with Crippen molar-refractivity contribution in [2.45, 2.75) is 20.8 Å². The second-order valence-electron chi connectivity index (χ2n) is 3.07. The Morgan fingerprint density at radius 1 is 1.23 bits per heavy atom. The Bertz CT molecular complexity index is 273. The molecular formula is C12H17N. The molecule has 0 aliphatic rings. The number of rotatable bonds is 4. The van der Waals surface area contributed by atoms with Crippen LogP contribution in [-0.4, -0.2) is 6.72 Å². The topological polar surface area (TPSA) is 12.4 Å². The fraction of sp³-hybridized carbons (Fsp3) is 0.250. The van der Waals surface area contributed by atoms with Gasteiger partial charge in [-0.25, -0.2) is 0 Å². The number of nitrogens with zero attached hydrogens (tertiary/aromatic N) is 1. The van der Waals surface area contributed by atoms with Crippen LogP contribution in [0.2, 0.25) is 0 Å². The molecule has 0 unspecified atom stereocenters. The maximum Gasteiger partial charge on any atom is 0.0295 e. The average molecular weight is 175 g/mol. The molecule has 0 saturated carbocycles. The Morgan fingerprint density at radius 2 is 1.85 bits per heavy atom. The first-order valence-corrected chi connectivity index (χ1v) is 4.22. The van der Waals surface area contributed by atoms with Gasteiger partial charge in [-0.3, -0.25) is 4.99 Å². The Kier molecular flexibility index (Phi) is 5.53. The average Bonchev–Trinajstić information content (AvgIpc) is 2.03. The van der Waals surface area contributed by atoms with Crippen molar-refractivity contribution in [3.8, 4) is 0 Å². The second kappa shape index (κ2) is 6.18. The molecule has 0 N–H and O–H groups in total. The quantitative estimate of drug-likeness (QED) is 0.456. The predicted octanol–water partition coefficient (Wildman–Crippen LogP) is 3.67. The zero-order valence-electron chi connectivity index (χ0n) is 8.67. The maximum absolute atomic E-state index is 3.73. The molecule has 70 valence electrons. The van der Waals surface area contributed by atoms with Crippen LogP contribution in [0.4, 0.5) is 0 Å². The molecule has 0 aromatic carbocycles. The Hall–Kier alpha value is -1.37. The van der Waals surface area contributed by atoms with E-state index in [2.05, 4.69) is 38.2 Å². The monoisotopic (exact) mass is 175 g/mol. The molecule has 0 aromatic rings. The number of aliphatic imine (C=N–C) groups is 1. The maximum atomic E-state index is 3.73. The third-order valence-electron chi connectivity index (χ3n) is 1.48. The molecule has 1 heteroatoms. The van der Waals surface area contributed by atoms with E-state index in [1.54, 1.807) is 12.3 Å². The molecule has 0 heterocycles. The minimum Gasteiger partial charge on any atom is -0.272 e. The molecule has 13 heavy (non-hydrogen) atoms. The van der Waals surface area contributed by atoms with E-state index in [9.17, 15) is 0 Å². The summed E-state index contributed by atoms with van der Waals surface area (Å²) in [5.74, 6) is 0. The summed E-state index contributed by atoms with van der Waals surface area (Å²) in [4.78, 5) is 3.73. The van der Waals surface area contributed by atoms with Crippen LogP contribution in [0.1, 0.15) is 20.8 Å². The molecule has 0 rings (SSSR count). The summed E-state index contributed by atoms with van der Waals surface area (Å²) in [6.07, 6.45) is 7.58. The summed E-state index contributed by atoms with van der Waals surface area (Å²) in [5, 5.41) is 0. The van der Waals surface area contributed by atoms with Crippen LogP contribution in [0.25, 0.3) is 0 Å². The Morgan fingerprint density at radius 3 is 2.23 bits per heavy atom. The van der Waals surface area contributed by atoms with E-state index in [1.165, 1.54) is 5.57 Å². The SMILES string of the molecule is C=CC=C(C=C(C)C)C(C)=CN=C. The van der Waals surface area contributed by atoms with Crippen molar-refractivity contribution in [1.82, 2.24) is 0 Å². The van der Waals surface area contributed by atoms with Crippen LogP contribution in [0.15, 0.2) is 52.7 Å². The first-order valence-electron chi connectivity index (χ1n) is 4.22. The normalized spacial score (nSPS) is 12.2. The van der Waals surface area contributed by atoms with Gasteiger partial charge in [0.2, 0.25) is 0 Å². The smallest absolute Gasteiger partial charge is 0.0295 e. The molecule has 0 atom stereocenters. The van der Waals surface area contributed by atoms with Gasteiger partial charge in [0.25, 0.3) is 0 Å². The van der Waals surface area contributed by atoms with Gasteiger partial charge < -0.3 is 0 Å². The number of allylic oxidation sites excluding steroid dienone is 6. The summed E-state index contributed by atoms with van der Waals surface area (Å²) in [6, 6.07) is 0. The molecule has 1 nitrogen and oxygen atoms in total. The fourth-order valence-corrected chi connectivity index (χ4v) is 0.943. The van der Waals surface area contributed by atoms with E-state index in [1.807, 2.05) is 13.0 Å². The fourth-order valence-electron chi connectivity index (χ4n) is 0.943. The lowest BCUT2D eigenvalue weighted by atomic mass is 10.1. The molecule has 0 spiro atoms. The van der Waals surface area contributed by atoms with Crippen molar-refractivity contribution in [1.29, 1.82) is 0 Å². The number of hydrogen-bond donors (Lipinski definition) is 0. The van der Waals surface area contributed by atoms with Crippen molar-refractivity contribution in [3.05, 3.63) is 47.7 Å². The molecule has 0 radical (unpaired) electrons. The lowest BCUT2D eigenvalue weighted by Gasteiger charge is -2.01. The van der Waals surface area contributed by atoms with E-state index in [4.69, 9.17) is 0 Å². The summed E-state index contributed by atoms with van der Waals surface area (Å²) < 4.78 is 0.